The topological polar surface area (TPSA) is 63.4 Å². The second-order valence-electron chi connectivity index (χ2n) is 4.65. The first-order valence-corrected chi connectivity index (χ1v) is 7.97. The number of benzene rings is 2. The van der Waals surface area contributed by atoms with Crippen molar-refractivity contribution in [3.8, 4) is 0 Å². The van der Waals surface area contributed by atoms with Crippen molar-refractivity contribution in [2.75, 3.05) is 16.6 Å². The average molecular weight is 309 g/mol. The van der Waals surface area contributed by atoms with Gasteiger partial charge in [0.2, 0.25) is 0 Å². The van der Waals surface area contributed by atoms with E-state index in [2.05, 4.69) is 0 Å². The molecular weight excluding hydrogens is 296 g/mol. The standard InChI is InChI=1S/C14H13ClN2O2S/c15-12-3-1-2-4-14(12)20(18,19)17-8-7-10-9-11(16)5-6-13(10)17/h1-6,9H,7-8,16H2. The fourth-order valence-electron chi connectivity index (χ4n) is 2.41. The Labute approximate surface area is 122 Å². The van der Waals surface area contributed by atoms with Crippen LogP contribution < -0.4 is 10.0 Å². The van der Waals surface area contributed by atoms with E-state index in [1.54, 1.807) is 30.3 Å². The van der Waals surface area contributed by atoms with Gasteiger partial charge in [-0.3, -0.25) is 4.31 Å². The second kappa shape index (κ2) is 4.68. The summed E-state index contributed by atoms with van der Waals surface area (Å²) >= 11 is 6.01. The Morgan fingerprint density at radius 3 is 2.65 bits per heavy atom. The predicted octanol–water partition coefficient (Wildman–Crippen LogP) is 2.67. The van der Waals surface area contributed by atoms with Gasteiger partial charge in [0.1, 0.15) is 4.90 Å². The zero-order valence-electron chi connectivity index (χ0n) is 10.6. The van der Waals surface area contributed by atoms with Crippen LogP contribution in [0.2, 0.25) is 5.02 Å². The van der Waals surface area contributed by atoms with Crippen LogP contribution in [0.1, 0.15) is 5.56 Å². The number of nitrogens with two attached hydrogens (primary N) is 1. The molecule has 6 heteroatoms. The van der Waals surface area contributed by atoms with Gasteiger partial charge in [0.25, 0.3) is 10.0 Å². The van der Waals surface area contributed by atoms with Crippen molar-refractivity contribution in [1.82, 2.24) is 0 Å². The molecule has 0 radical (unpaired) electrons. The van der Waals surface area contributed by atoms with Gasteiger partial charge in [-0.25, -0.2) is 8.42 Å². The van der Waals surface area contributed by atoms with Crippen LogP contribution in [0.5, 0.6) is 0 Å². The summed E-state index contributed by atoms with van der Waals surface area (Å²) in [6, 6.07) is 11.7. The predicted molar refractivity (Wildman–Crippen MR) is 80.5 cm³/mol. The maximum atomic E-state index is 12.7. The molecule has 1 aliphatic rings. The van der Waals surface area contributed by atoms with Crippen LogP contribution in [0.4, 0.5) is 11.4 Å². The number of nitrogen functional groups attached to an aromatic ring is 1. The third-order valence-corrected chi connectivity index (χ3v) is 5.67. The maximum absolute atomic E-state index is 12.7. The fourth-order valence-corrected chi connectivity index (χ4v) is 4.41. The van der Waals surface area contributed by atoms with E-state index in [9.17, 15) is 8.42 Å². The molecule has 0 amide bonds. The summed E-state index contributed by atoms with van der Waals surface area (Å²) in [6.45, 7) is 0.409. The molecule has 1 aliphatic heterocycles. The molecular formula is C14H13ClN2O2S. The Morgan fingerprint density at radius 1 is 1.15 bits per heavy atom. The van der Waals surface area contributed by atoms with E-state index in [1.165, 1.54) is 10.4 Å². The summed E-state index contributed by atoms with van der Waals surface area (Å²) in [5.74, 6) is 0. The summed E-state index contributed by atoms with van der Waals surface area (Å²) in [6.07, 6.45) is 0.657. The molecule has 2 N–H and O–H groups in total. The third kappa shape index (κ3) is 2.03. The van der Waals surface area contributed by atoms with Crippen LogP contribution in [-0.2, 0) is 16.4 Å². The van der Waals surface area contributed by atoms with Crippen molar-refractivity contribution in [2.45, 2.75) is 11.3 Å². The molecule has 0 bridgehead atoms. The van der Waals surface area contributed by atoms with Gasteiger partial charge in [-0.15, -0.1) is 0 Å². The van der Waals surface area contributed by atoms with Gasteiger partial charge in [0, 0.05) is 12.2 Å². The molecule has 4 nitrogen and oxygen atoms in total. The number of sulfonamides is 1. The molecule has 0 aromatic heterocycles. The van der Waals surface area contributed by atoms with Crippen molar-refractivity contribution >= 4 is 33.0 Å². The minimum absolute atomic E-state index is 0.131. The van der Waals surface area contributed by atoms with E-state index in [1.807, 2.05) is 6.07 Å². The van der Waals surface area contributed by atoms with Gasteiger partial charge >= 0.3 is 0 Å². The van der Waals surface area contributed by atoms with E-state index < -0.39 is 10.0 Å². The Balaban J connectivity index is 2.10. The average Bonchev–Trinajstić information content (AvgIpc) is 2.82. The number of nitrogens with zero attached hydrogens (tertiary/aromatic N) is 1. The van der Waals surface area contributed by atoms with Crippen LogP contribution >= 0.6 is 11.6 Å². The first kappa shape index (κ1) is 13.3. The van der Waals surface area contributed by atoms with E-state index in [-0.39, 0.29) is 9.92 Å². The van der Waals surface area contributed by atoms with Crippen molar-refractivity contribution in [3.05, 3.63) is 53.1 Å². The van der Waals surface area contributed by atoms with E-state index in [0.29, 0.717) is 24.3 Å². The van der Waals surface area contributed by atoms with Crippen LogP contribution in [-0.4, -0.2) is 15.0 Å². The van der Waals surface area contributed by atoms with Gasteiger partial charge in [0.15, 0.2) is 0 Å². The summed E-state index contributed by atoms with van der Waals surface area (Å²) < 4.78 is 26.8. The Kier molecular flexibility index (Phi) is 3.11. The number of rotatable bonds is 2. The minimum Gasteiger partial charge on any atom is -0.399 e. The van der Waals surface area contributed by atoms with Crippen LogP contribution in [0.25, 0.3) is 0 Å². The first-order valence-electron chi connectivity index (χ1n) is 6.16. The van der Waals surface area contributed by atoms with Crippen LogP contribution in [0, 0.1) is 0 Å². The molecule has 0 spiro atoms. The van der Waals surface area contributed by atoms with Crippen molar-refractivity contribution < 1.29 is 8.42 Å². The minimum atomic E-state index is -3.64. The number of anilines is 2. The van der Waals surface area contributed by atoms with E-state index in [4.69, 9.17) is 17.3 Å². The molecule has 104 valence electrons. The Hall–Kier alpha value is -1.72. The lowest BCUT2D eigenvalue weighted by atomic mass is 10.1. The molecule has 0 saturated carbocycles. The Morgan fingerprint density at radius 2 is 1.90 bits per heavy atom. The highest BCUT2D eigenvalue weighted by Gasteiger charge is 2.32. The van der Waals surface area contributed by atoms with Gasteiger partial charge in [-0.1, -0.05) is 23.7 Å². The highest BCUT2D eigenvalue weighted by Crippen LogP contribution is 2.35. The normalized spacial score (nSPS) is 14.3. The van der Waals surface area contributed by atoms with Gasteiger partial charge in [0.05, 0.1) is 10.7 Å². The molecule has 2 aromatic rings. The van der Waals surface area contributed by atoms with Crippen LogP contribution in [0.3, 0.4) is 0 Å². The lowest BCUT2D eigenvalue weighted by Crippen LogP contribution is -2.29. The molecule has 0 atom stereocenters. The molecule has 0 unspecified atom stereocenters. The quantitative estimate of drug-likeness (QED) is 0.868. The third-order valence-electron chi connectivity index (χ3n) is 3.36. The smallest absolute Gasteiger partial charge is 0.265 e. The lowest BCUT2D eigenvalue weighted by Gasteiger charge is -2.20. The number of hydrogen-bond acceptors (Lipinski definition) is 3. The van der Waals surface area contributed by atoms with Gasteiger partial charge in [-0.05, 0) is 42.3 Å². The van der Waals surface area contributed by atoms with Crippen molar-refractivity contribution in [1.29, 1.82) is 0 Å². The molecule has 0 saturated heterocycles. The van der Waals surface area contributed by atoms with Crippen LogP contribution in [0.15, 0.2) is 47.4 Å². The SMILES string of the molecule is Nc1ccc2c(c1)CCN2S(=O)(=O)c1ccccc1Cl. The number of halogens is 1. The number of fused-ring (bicyclic) bond motifs is 1. The van der Waals surface area contributed by atoms with Gasteiger partial charge in [-0.2, -0.15) is 0 Å². The molecule has 0 aliphatic carbocycles. The first-order chi connectivity index (χ1) is 9.50. The zero-order valence-corrected chi connectivity index (χ0v) is 12.2. The van der Waals surface area contributed by atoms with Crippen molar-refractivity contribution in [2.24, 2.45) is 0 Å². The van der Waals surface area contributed by atoms with E-state index in [0.717, 1.165) is 5.56 Å². The summed E-state index contributed by atoms with van der Waals surface area (Å²) in [5.41, 5.74) is 8.00. The van der Waals surface area contributed by atoms with E-state index >= 15 is 0 Å². The maximum Gasteiger partial charge on any atom is 0.265 e. The molecule has 3 rings (SSSR count). The zero-order chi connectivity index (χ0) is 14.3. The molecule has 20 heavy (non-hydrogen) atoms. The molecule has 1 heterocycles. The van der Waals surface area contributed by atoms with Crippen molar-refractivity contribution in [3.63, 3.8) is 0 Å². The molecule has 0 fully saturated rings. The number of hydrogen-bond donors (Lipinski definition) is 1. The lowest BCUT2D eigenvalue weighted by molar-refractivity contribution is 0.592. The summed E-state index contributed by atoms with van der Waals surface area (Å²) in [7, 11) is -3.64. The highest BCUT2D eigenvalue weighted by atomic mass is 35.5. The summed E-state index contributed by atoms with van der Waals surface area (Å²) in [5, 5.41) is 0.233. The molecule has 2 aromatic carbocycles. The second-order valence-corrected chi connectivity index (χ2v) is 6.88. The fraction of sp³-hybridized carbons (Fsp3) is 0.143. The highest BCUT2D eigenvalue weighted by molar-refractivity contribution is 7.93. The van der Waals surface area contributed by atoms with Gasteiger partial charge < -0.3 is 5.73 Å². The summed E-state index contributed by atoms with van der Waals surface area (Å²) in [4.78, 5) is 0.131. The largest absolute Gasteiger partial charge is 0.399 e. The Bertz CT molecular complexity index is 774. The monoisotopic (exact) mass is 308 g/mol.